The third kappa shape index (κ3) is 4.44. The molecule has 2 nitrogen and oxygen atoms in total. The summed E-state index contributed by atoms with van der Waals surface area (Å²) in [7, 11) is 8.09. The summed E-state index contributed by atoms with van der Waals surface area (Å²) in [5.41, 5.74) is 4.40. The van der Waals surface area contributed by atoms with Crippen molar-refractivity contribution in [3.63, 3.8) is 0 Å². The quantitative estimate of drug-likeness (QED) is 0.622. The van der Waals surface area contributed by atoms with E-state index in [9.17, 15) is 0 Å². The van der Waals surface area contributed by atoms with E-state index in [1.54, 1.807) is 0 Å². The molecule has 0 aromatic heterocycles. The van der Waals surface area contributed by atoms with Crippen LogP contribution in [0.5, 0.6) is 0 Å². The number of nitrogens with zero attached hydrogens (tertiary/aromatic N) is 2. The van der Waals surface area contributed by atoms with Crippen LogP contribution in [0.3, 0.4) is 0 Å². The van der Waals surface area contributed by atoms with Crippen LogP contribution >= 0.6 is 0 Å². The van der Waals surface area contributed by atoms with E-state index in [1.807, 2.05) is 40.3 Å². The van der Waals surface area contributed by atoms with Crippen LogP contribution in [0.1, 0.15) is 5.56 Å². The molecule has 0 heterocycles. The third-order valence-electron chi connectivity index (χ3n) is 3.12. The van der Waals surface area contributed by atoms with Crippen LogP contribution in [0.25, 0.3) is 6.08 Å². The molecule has 0 saturated heterocycles. The molecule has 0 unspecified atom stereocenters. The molecule has 1 aliphatic carbocycles. The Balaban J connectivity index is 0.00000220. The first-order chi connectivity index (χ1) is 9.47. The number of anilines is 1. The van der Waals surface area contributed by atoms with E-state index in [0.717, 1.165) is 27.0 Å². The first kappa shape index (κ1) is 17.5. The zero-order valence-electron chi connectivity index (χ0n) is 13.3. The molecule has 0 N–H and O–H groups in total. The summed E-state index contributed by atoms with van der Waals surface area (Å²) < 4.78 is 0.904. The van der Waals surface area contributed by atoms with E-state index < -0.39 is 0 Å². The maximum absolute atomic E-state index is 5.12. The standard InChI is InChI=1S/C17H19N2.CH3.Ni/c1-18(2)16-9-5-14(6-10-16)13-15-7-11-17(12-8-15)19(3)4;;/h5,7,9-13H,1-4H3;1H3;/q2*-1;/b14-13-;;. The molecule has 0 atom stereocenters. The molecule has 1 aromatic rings. The van der Waals surface area contributed by atoms with Gasteiger partial charge in [0.2, 0.25) is 0 Å². The Morgan fingerprint density at radius 2 is 1.76 bits per heavy atom. The summed E-state index contributed by atoms with van der Waals surface area (Å²) in [6, 6.07) is 9.43. The molecule has 0 radical (unpaired) electrons. The molecule has 0 saturated carbocycles. The van der Waals surface area contributed by atoms with Crippen molar-refractivity contribution >= 4 is 16.3 Å². The van der Waals surface area contributed by atoms with Crippen LogP contribution in [-0.2, 0) is 15.0 Å². The molecule has 116 valence electrons. The minimum absolute atomic E-state index is 0. The van der Waals surface area contributed by atoms with Crippen LogP contribution in [-0.4, -0.2) is 37.6 Å². The van der Waals surface area contributed by atoms with E-state index in [-0.39, 0.29) is 7.43 Å². The van der Waals surface area contributed by atoms with Crippen molar-refractivity contribution < 1.29 is 15.0 Å². The molecule has 0 aliphatic heterocycles. The molecule has 0 fully saturated rings. The zero-order valence-corrected chi connectivity index (χ0v) is 14.2. The van der Waals surface area contributed by atoms with Gasteiger partial charge in [0, 0.05) is 0 Å². The van der Waals surface area contributed by atoms with Crippen LogP contribution in [0.4, 0.5) is 5.69 Å². The molecule has 2 rings (SSSR count). The normalized spacial score (nSPS) is 15.6. The minimum atomic E-state index is 0. The molecule has 0 spiro atoms. The van der Waals surface area contributed by atoms with Gasteiger partial charge in [-0.1, -0.05) is 0 Å². The number of likely N-dealkylation sites (N-methyl/N-ethyl adjacent to an activating group) is 1. The molecular weight excluding hydrogens is 303 g/mol. The fourth-order valence-electron chi connectivity index (χ4n) is 1.86. The van der Waals surface area contributed by atoms with E-state index in [0.29, 0.717) is 0 Å². The van der Waals surface area contributed by atoms with E-state index in [4.69, 9.17) is 15.0 Å². The second-order valence-electron chi connectivity index (χ2n) is 5.11. The topological polar surface area (TPSA) is 6.48 Å². The van der Waals surface area contributed by atoms with Crippen LogP contribution in [0.2, 0.25) is 0 Å². The average Bonchev–Trinajstić information content (AvgIpc) is 2.41. The number of rotatable bonds is 3. The summed E-state index contributed by atoms with van der Waals surface area (Å²) in [5, 5.41) is 0. The third-order valence-corrected chi connectivity index (χ3v) is 3.55. The van der Waals surface area contributed by atoms with Crippen molar-refractivity contribution in [2.75, 3.05) is 33.1 Å². The van der Waals surface area contributed by atoms with Crippen molar-refractivity contribution in [2.45, 2.75) is 0 Å². The SMILES string of the molecule is CN(C)C1=C[C](=[Ni])/C(=C\c2[c-]cc(N(C)C)cc2)C=C1.[CH3-]. The largest absolute Gasteiger partial charge is 0.358 e. The predicted octanol–water partition coefficient (Wildman–Crippen LogP) is 3.12. The summed E-state index contributed by atoms with van der Waals surface area (Å²) in [6.45, 7) is 0. The van der Waals surface area contributed by atoms with Gasteiger partial charge in [0.25, 0.3) is 0 Å². The van der Waals surface area contributed by atoms with Crippen molar-refractivity contribution in [3.8, 4) is 0 Å². The smallest absolute Gasteiger partial charge is 0.358 e. The fourth-order valence-corrected chi connectivity index (χ4v) is 2.16. The molecule has 0 bridgehead atoms. The van der Waals surface area contributed by atoms with Gasteiger partial charge < -0.3 is 7.43 Å². The number of benzene rings is 1. The van der Waals surface area contributed by atoms with Crippen LogP contribution in [0.15, 0.2) is 47.7 Å². The first-order valence-corrected chi connectivity index (χ1v) is 6.94. The van der Waals surface area contributed by atoms with Crippen LogP contribution < -0.4 is 4.90 Å². The Bertz CT molecular complexity index is 590. The Morgan fingerprint density at radius 3 is 2.24 bits per heavy atom. The molecule has 1 aromatic carbocycles. The van der Waals surface area contributed by atoms with Crippen LogP contribution in [0, 0.1) is 13.5 Å². The molecule has 3 heteroatoms. The minimum Gasteiger partial charge on any atom is -0.358 e. The molecule has 0 amide bonds. The van der Waals surface area contributed by atoms with Crippen molar-refractivity contribution in [1.29, 1.82) is 0 Å². The van der Waals surface area contributed by atoms with Crippen molar-refractivity contribution in [3.05, 3.63) is 66.8 Å². The Morgan fingerprint density at radius 1 is 1.05 bits per heavy atom. The summed E-state index contributed by atoms with van der Waals surface area (Å²) in [6.07, 6.45) is 8.28. The average molecular weight is 325 g/mol. The monoisotopic (exact) mass is 324 g/mol. The number of allylic oxidation sites excluding steroid dienone is 4. The van der Waals surface area contributed by atoms with E-state index in [2.05, 4.69) is 46.2 Å². The van der Waals surface area contributed by atoms with Gasteiger partial charge in [-0.2, -0.15) is 0 Å². The summed E-state index contributed by atoms with van der Waals surface area (Å²) in [4.78, 5) is 4.12. The fraction of sp³-hybridized carbons (Fsp3) is 0.222. The zero-order chi connectivity index (χ0) is 14.7. The van der Waals surface area contributed by atoms with Gasteiger partial charge in [-0.05, 0) is 0 Å². The van der Waals surface area contributed by atoms with Gasteiger partial charge in [-0.3, -0.25) is 0 Å². The Kier molecular flexibility index (Phi) is 6.17. The van der Waals surface area contributed by atoms with Gasteiger partial charge in [0.15, 0.2) is 0 Å². The van der Waals surface area contributed by atoms with E-state index in [1.165, 1.54) is 0 Å². The molecular formula is C18H22N2Ni-2. The number of hydrogen-bond acceptors (Lipinski definition) is 2. The van der Waals surface area contributed by atoms with Gasteiger partial charge in [-0.15, -0.1) is 0 Å². The predicted molar refractivity (Wildman–Crippen MR) is 89.9 cm³/mol. The second-order valence-corrected chi connectivity index (χ2v) is 5.64. The van der Waals surface area contributed by atoms with Gasteiger partial charge in [-0.25, -0.2) is 0 Å². The number of hydrogen-bond donors (Lipinski definition) is 0. The molecule has 21 heavy (non-hydrogen) atoms. The van der Waals surface area contributed by atoms with Crippen molar-refractivity contribution in [2.24, 2.45) is 0 Å². The maximum atomic E-state index is 5.12. The molecule has 1 aliphatic rings. The van der Waals surface area contributed by atoms with Crippen molar-refractivity contribution in [1.82, 2.24) is 4.90 Å². The van der Waals surface area contributed by atoms with Gasteiger partial charge in [0.1, 0.15) is 0 Å². The second kappa shape index (κ2) is 7.42. The Hall–Kier alpha value is -1.60. The summed E-state index contributed by atoms with van der Waals surface area (Å²) in [5.74, 6) is 0. The van der Waals surface area contributed by atoms with E-state index >= 15 is 0 Å². The van der Waals surface area contributed by atoms with Gasteiger partial charge in [0.05, 0.1) is 0 Å². The summed E-state index contributed by atoms with van der Waals surface area (Å²) >= 11 is 5.12. The van der Waals surface area contributed by atoms with Gasteiger partial charge >= 0.3 is 129 Å². The first-order valence-electron chi connectivity index (χ1n) is 6.45. The Labute approximate surface area is 136 Å². The maximum Gasteiger partial charge on any atom is -0.358 e.